The number of hydrogen-bond donors (Lipinski definition) is 3. The van der Waals surface area contributed by atoms with Crippen molar-refractivity contribution >= 4 is 11.9 Å². The van der Waals surface area contributed by atoms with Crippen molar-refractivity contribution in [2.24, 2.45) is 0 Å². The molecule has 0 aromatic heterocycles. The van der Waals surface area contributed by atoms with E-state index in [-0.39, 0.29) is 18.5 Å². The summed E-state index contributed by atoms with van der Waals surface area (Å²) in [5.74, 6) is -0.0299. The summed E-state index contributed by atoms with van der Waals surface area (Å²) in [5, 5.41) is 23.3. The van der Waals surface area contributed by atoms with Crippen LogP contribution in [0.1, 0.15) is 476 Å². The zero-order chi connectivity index (χ0) is 63.5. The largest absolute Gasteiger partial charge is 0.466 e. The lowest BCUT2D eigenvalue weighted by molar-refractivity contribution is -0.143. The number of carbonyl (C=O) groups excluding carboxylic acids is 2. The van der Waals surface area contributed by atoms with Gasteiger partial charge in [0.1, 0.15) is 0 Å². The lowest BCUT2D eigenvalue weighted by atomic mass is 10.0. The van der Waals surface area contributed by atoms with Gasteiger partial charge in [0.05, 0.1) is 25.4 Å². The number of allylic oxidation sites excluding steroid dienone is 1. The Morgan fingerprint density at radius 1 is 0.307 bits per heavy atom. The molecule has 2 unspecified atom stereocenters. The highest BCUT2D eigenvalue weighted by molar-refractivity contribution is 5.76. The van der Waals surface area contributed by atoms with Crippen LogP contribution in [-0.4, -0.2) is 47.4 Å². The van der Waals surface area contributed by atoms with Crippen LogP contribution < -0.4 is 5.32 Å². The van der Waals surface area contributed by atoms with Gasteiger partial charge in [-0.15, -0.1) is 0 Å². The van der Waals surface area contributed by atoms with Crippen molar-refractivity contribution < 1.29 is 24.5 Å². The molecule has 0 aromatic carbocycles. The van der Waals surface area contributed by atoms with Gasteiger partial charge < -0.3 is 20.3 Å². The van der Waals surface area contributed by atoms with E-state index in [4.69, 9.17) is 4.74 Å². The first-order valence-corrected chi connectivity index (χ1v) is 41.0. The van der Waals surface area contributed by atoms with E-state index in [0.717, 1.165) is 38.5 Å². The Balaban J connectivity index is 3.30. The lowest BCUT2D eigenvalue weighted by Crippen LogP contribution is -2.45. The third-order valence-electron chi connectivity index (χ3n) is 19.6. The van der Waals surface area contributed by atoms with Crippen molar-refractivity contribution in [3.8, 4) is 0 Å². The molecule has 0 aliphatic heterocycles. The van der Waals surface area contributed by atoms with Crippen LogP contribution >= 0.6 is 0 Å². The predicted molar refractivity (Wildman–Crippen MR) is 389 cm³/mol. The number of aliphatic hydroxyl groups is 2. The second-order valence-electron chi connectivity index (χ2n) is 28.5. The molecule has 0 aromatic rings. The molecule has 0 aliphatic rings. The van der Waals surface area contributed by atoms with Crippen molar-refractivity contribution in [3.63, 3.8) is 0 Å². The summed E-state index contributed by atoms with van der Waals surface area (Å²) in [6, 6.07) is -0.623. The normalized spacial score (nSPS) is 12.5. The minimum Gasteiger partial charge on any atom is -0.466 e. The molecule has 3 N–H and O–H groups in total. The summed E-state index contributed by atoms with van der Waals surface area (Å²) in [6.45, 7) is 4.96. The van der Waals surface area contributed by atoms with E-state index in [2.05, 4.69) is 19.2 Å². The summed E-state index contributed by atoms with van der Waals surface area (Å²) in [4.78, 5) is 24.6. The third kappa shape index (κ3) is 73.6. The van der Waals surface area contributed by atoms with E-state index in [0.29, 0.717) is 19.4 Å². The molecule has 6 heteroatoms. The number of aliphatic hydroxyl groups excluding tert-OH is 2. The molecular weight excluding hydrogens is 1080 g/mol. The maximum absolute atomic E-state index is 12.5. The predicted octanol–water partition coefficient (Wildman–Crippen LogP) is 27.1. The molecule has 0 aliphatic carbocycles. The highest BCUT2D eigenvalue weighted by Gasteiger charge is 2.18. The summed E-state index contributed by atoms with van der Waals surface area (Å²) >= 11 is 0. The van der Waals surface area contributed by atoms with E-state index < -0.39 is 12.1 Å². The smallest absolute Gasteiger partial charge is 0.305 e. The van der Waals surface area contributed by atoms with Gasteiger partial charge in [-0.25, -0.2) is 0 Å². The Kier molecular flexibility index (Phi) is 76.8. The van der Waals surface area contributed by atoms with Crippen molar-refractivity contribution in [2.45, 2.75) is 488 Å². The molecule has 0 saturated carbocycles. The number of carbonyl (C=O) groups is 2. The zero-order valence-corrected chi connectivity index (χ0v) is 60.3. The number of ether oxygens (including phenoxy) is 1. The molecule has 0 fully saturated rings. The minimum absolute atomic E-state index is 0.0273. The van der Waals surface area contributed by atoms with Crippen molar-refractivity contribution in [1.82, 2.24) is 5.32 Å². The molecular formula is C82H161NO5. The van der Waals surface area contributed by atoms with Gasteiger partial charge in [-0.3, -0.25) is 9.59 Å². The first-order chi connectivity index (χ1) is 43.5. The van der Waals surface area contributed by atoms with Crippen LogP contribution in [0.15, 0.2) is 12.2 Å². The average molecular weight is 1240 g/mol. The Hall–Kier alpha value is -1.40. The number of esters is 1. The SMILES string of the molecule is CCCCCCCCCCCCCCCCCC/C=C/C(O)C(CO)NC(=O)CCCCCCCCCCCCCCCCCCCCCCCCCCCCCCCCCCCCCCCCCOC(=O)CCCCCCCCCCCCCCCC. The van der Waals surface area contributed by atoms with Gasteiger partial charge in [0.2, 0.25) is 5.91 Å². The van der Waals surface area contributed by atoms with Crippen LogP contribution in [0.3, 0.4) is 0 Å². The van der Waals surface area contributed by atoms with E-state index in [1.54, 1.807) is 6.08 Å². The molecule has 6 nitrogen and oxygen atoms in total. The molecule has 524 valence electrons. The van der Waals surface area contributed by atoms with Crippen LogP contribution in [0.25, 0.3) is 0 Å². The topological polar surface area (TPSA) is 95.9 Å². The summed E-state index contributed by atoms with van der Waals surface area (Å²) in [5.41, 5.74) is 0. The Bertz CT molecular complexity index is 1340. The van der Waals surface area contributed by atoms with Gasteiger partial charge in [-0.1, -0.05) is 443 Å². The van der Waals surface area contributed by atoms with Crippen LogP contribution in [0.4, 0.5) is 0 Å². The van der Waals surface area contributed by atoms with Crippen molar-refractivity contribution in [2.75, 3.05) is 13.2 Å². The van der Waals surface area contributed by atoms with Gasteiger partial charge in [0.25, 0.3) is 0 Å². The van der Waals surface area contributed by atoms with Gasteiger partial charge in [0, 0.05) is 12.8 Å². The Morgan fingerprint density at radius 3 is 0.773 bits per heavy atom. The molecule has 1 amide bonds. The maximum Gasteiger partial charge on any atom is 0.305 e. The molecule has 0 bridgehead atoms. The molecule has 0 rings (SSSR count). The second-order valence-corrected chi connectivity index (χ2v) is 28.5. The second kappa shape index (κ2) is 78.0. The highest BCUT2D eigenvalue weighted by Crippen LogP contribution is 2.21. The first-order valence-electron chi connectivity index (χ1n) is 41.0. The number of unbranched alkanes of at least 4 members (excludes halogenated alkanes) is 67. The molecule has 88 heavy (non-hydrogen) atoms. The summed E-state index contributed by atoms with van der Waals surface area (Å²) < 4.78 is 5.51. The summed E-state index contributed by atoms with van der Waals surface area (Å²) in [6.07, 6.45) is 99.3. The van der Waals surface area contributed by atoms with Gasteiger partial charge in [-0.05, 0) is 32.1 Å². The van der Waals surface area contributed by atoms with Crippen molar-refractivity contribution in [1.29, 1.82) is 0 Å². The number of hydrogen-bond acceptors (Lipinski definition) is 5. The zero-order valence-electron chi connectivity index (χ0n) is 60.3. The van der Waals surface area contributed by atoms with E-state index in [1.165, 1.54) is 411 Å². The fraction of sp³-hybridized carbons (Fsp3) is 0.951. The first kappa shape index (κ1) is 86.6. The highest BCUT2D eigenvalue weighted by atomic mass is 16.5. The van der Waals surface area contributed by atoms with Gasteiger partial charge >= 0.3 is 5.97 Å². The number of nitrogens with one attached hydrogen (secondary N) is 1. The van der Waals surface area contributed by atoms with Crippen LogP contribution in [0, 0.1) is 0 Å². The van der Waals surface area contributed by atoms with Crippen molar-refractivity contribution in [3.05, 3.63) is 12.2 Å². The van der Waals surface area contributed by atoms with E-state index in [9.17, 15) is 19.8 Å². The maximum atomic E-state index is 12.5. The van der Waals surface area contributed by atoms with Crippen LogP contribution in [0.5, 0.6) is 0 Å². The minimum atomic E-state index is -0.840. The fourth-order valence-corrected chi connectivity index (χ4v) is 13.3. The van der Waals surface area contributed by atoms with E-state index >= 15 is 0 Å². The van der Waals surface area contributed by atoms with Gasteiger partial charge in [-0.2, -0.15) is 0 Å². The van der Waals surface area contributed by atoms with Crippen LogP contribution in [0.2, 0.25) is 0 Å². The molecule has 0 radical (unpaired) electrons. The quantitative estimate of drug-likeness (QED) is 0.0320. The molecule has 0 spiro atoms. The fourth-order valence-electron chi connectivity index (χ4n) is 13.3. The third-order valence-corrected chi connectivity index (χ3v) is 19.6. The average Bonchev–Trinajstić information content (AvgIpc) is 3.56. The van der Waals surface area contributed by atoms with E-state index in [1.807, 2.05) is 6.08 Å². The van der Waals surface area contributed by atoms with Gasteiger partial charge in [0.15, 0.2) is 0 Å². The van der Waals surface area contributed by atoms with Crippen LogP contribution in [-0.2, 0) is 14.3 Å². The molecule has 0 saturated heterocycles. The molecule has 2 atom stereocenters. The Morgan fingerprint density at radius 2 is 0.523 bits per heavy atom. The standard InChI is InChI=1S/C82H161NO5/c1-3-5-7-9-11-13-15-17-19-20-44-47-50-54-58-62-66-70-74-80(85)79(78-84)83-81(86)75-71-67-63-59-55-51-48-45-42-40-38-36-34-32-30-28-26-24-22-21-23-25-27-29-31-33-35-37-39-41-43-46-49-53-57-61-65-69-73-77-88-82(87)76-72-68-64-60-56-52-18-16-14-12-10-8-6-4-2/h70,74,79-80,84-85H,3-69,71-73,75-78H2,1-2H3,(H,83,86)/b74-70+. The molecule has 0 heterocycles. The number of amides is 1. The Labute approximate surface area is 552 Å². The number of rotatable bonds is 78. The monoisotopic (exact) mass is 1240 g/mol. The lowest BCUT2D eigenvalue weighted by Gasteiger charge is -2.20. The summed E-state index contributed by atoms with van der Waals surface area (Å²) in [7, 11) is 0.